The Hall–Kier alpha value is -6.46. The van der Waals surface area contributed by atoms with E-state index < -0.39 is 17.1 Å². The number of benzene rings is 6. The van der Waals surface area contributed by atoms with Crippen molar-refractivity contribution in [3.05, 3.63) is 202 Å². The van der Waals surface area contributed by atoms with Gasteiger partial charge in [-0.25, -0.2) is 4.98 Å². The van der Waals surface area contributed by atoms with Crippen molar-refractivity contribution in [1.82, 2.24) is 10.3 Å². The number of anilines is 2. The predicted octanol–water partition coefficient (Wildman–Crippen LogP) is 10.9. The number of carbonyl (C=O) groups is 3. The zero-order valence-corrected chi connectivity index (χ0v) is 32.7. The van der Waals surface area contributed by atoms with E-state index >= 15 is 0 Å². The van der Waals surface area contributed by atoms with E-state index in [1.54, 1.807) is 48.5 Å². The number of hydrogen-bond acceptors (Lipinski definition) is 7. The van der Waals surface area contributed by atoms with E-state index in [2.05, 4.69) is 20.9 Å². The number of nitrogens with zero attached hydrogens (tertiary/aromatic N) is 1. The quantitative estimate of drug-likeness (QED) is 0.0746. The Morgan fingerprint density at radius 3 is 2.09 bits per heavy atom. The zero-order chi connectivity index (χ0) is 39.4. The lowest BCUT2D eigenvalue weighted by molar-refractivity contribution is -0.116. The van der Waals surface area contributed by atoms with Crippen molar-refractivity contribution in [3.63, 3.8) is 0 Å². The number of rotatable bonds is 14. The Balaban J connectivity index is 1.05. The summed E-state index contributed by atoms with van der Waals surface area (Å²) in [5.74, 6) is -0.491. The van der Waals surface area contributed by atoms with Gasteiger partial charge in [-0.05, 0) is 77.4 Å². The summed E-state index contributed by atoms with van der Waals surface area (Å²) in [7, 11) is 0. The fourth-order valence-electron chi connectivity index (χ4n) is 5.66. The molecule has 1 atom stereocenters. The van der Waals surface area contributed by atoms with Gasteiger partial charge in [0.1, 0.15) is 23.3 Å². The molecule has 57 heavy (non-hydrogen) atoms. The molecule has 0 spiro atoms. The Morgan fingerprint density at radius 2 is 1.39 bits per heavy atom. The standard InChI is InChI=1S/C46H35ClN4O4S2/c47-39-19-11-10-18-38(39)41-30-56-46(50-41)51-45(54)42(33-14-6-2-7-15-33)57-37-26-22-35(23-27-37)48-44(53)40(49-43(52)34-16-8-3-9-17-34)28-31-20-24-36(25-21-31)55-29-32-12-4-1-5-13-32/h1-28,30,42H,29H2,(H,48,53)(H,49,52)(H,50,51,54)/b40-28-. The number of hydrogen-bond donors (Lipinski definition) is 3. The maximum atomic E-state index is 13.8. The fraction of sp³-hybridized carbons (Fsp3) is 0.0435. The Labute approximate surface area is 343 Å². The first-order chi connectivity index (χ1) is 27.9. The third kappa shape index (κ3) is 10.6. The first-order valence-electron chi connectivity index (χ1n) is 17.9. The van der Waals surface area contributed by atoms with Crippen molar-refractivity contribution in [1.29, 1.82) is 0 Å². The van der Waals surface area contributed by atoms with Crippen molar-refractivity contribution < 1.29 is 19.1 Å². The smallest absolute Gasteiger partial charge is 0.272 e. The molecule has 0 saturated heterocycles. The van der Waals surface area contributed by atoms with Crippen molar-refractivity contribution in [2.24, 2.45) is 0 Å². The average molecular weight is 807 g/mol. The summed E-state index contributed by atoms with van der Waals surface area (Å²) in [6.07, 6.45) is 1.62. The minimum absolute atomic E-state index is 0.0564. The number of thiazole rings is 1. The minimum atomic E-state index is -0.600. The van der Waals surface area contributed by atoms with E-state index in [0.717, 1.165) is 21.6 Å². The Bertz CT molecular complexity index is 2480. The molecule has 0 radical (unpaired) electrons. The van der Waals surface area contributed by atoms with Crippen LogP contribution in [0.4, 0.5) is 10.8 Å². The molecule has 3 amide bonds. The summed E-state index contributed by atoms with van der Waals surface area (Å²) < 4.78 is 5.92. The topological polar surface area (TPSA) is 109 Å². The molecule has 0 saturated carbocycles. The van der Waals surface area contributed by atoms with Crippen molar-refractivity contribution >= 4 is 69.3 Å². The van der Waals surface area contributed by atoms with Crippen LogP contribution in [0.1, 0.15) is 32.3 Å². The van der Waals surface area contributed by atoms with Gasteiger partial charge in [-0.1, -0.05) is 121 Å². The van der Waals surface area contributed by atoms with Crippen molar-refractivity contribution in [2.75, 3.05) is 10.6 Å². The molecule has 1 unspecified atom stereocenters. The first kappa shape index (κ1) is 38.8. The molecule has 1 heterocycles. The summed E-state index contributed by atoms with van der Waals surface area (Å²) in [5, 5.41) is 11.0. The Kier molecular flexibility index (Phi) is 12.9. The van der Waals surface area contributed by atoms with Crippen LogP contribution in [-0.4, -0.2) is 22.7 Å². The summed E-state index contributed by atoms with van der Waals surface area (Å²) >= 11 is 9.08. The van der Waals surface area contributed by atoms with Gasteiger partial charge in [-0.15, -0.1) is 23.1 Å². The van der Waals surface area contributed by atoms with Crippen LogP contribution in [-0.2, 0) is 16.2 Å². The SMILES string of the molecule is O=C(Nc1ccc(SC(C(=O)Nc2nc(-c3ccccc3Cl)cs2)c2ccccc2)cc1)/C(=C/c1ccc(OCc2ccccc2)cc1)NC(=O)c1ccccc1. The number of halogens is 1. The number of carbonyl (C=O) groups excluding carboxylic acids is 3. The molecule has 0 bridgehead atoms. The normalized spacial score (nSPS) is 11.6. The average Bonchev–Trinajstić information content (AvgIpc) is 3.72. The summed E-state index contributed by atoms with van der Waals surface area (Å²) in [6, 6.07) is 50.0. The van der Waals surface area contributed by atoms with Crippen LogP contribution in [0.2, 0.25) is 5.02 Å². The number of thioether (sulfide) groups is 1. The summed E-state index contributed by atoms with van der Waals surface area (Å²) in [6.45, 7) is 0.423. The molecule has 7 aromatic rings. The van der Waals surface area contributed by atoms with Gasteiger partial charge in [-0.3, -0.25) is 14.4 Å². The summed E-state index contributed by atoms with van der Waals surface area (Å²) in [4.78, 5) is 46.1. The van der Waals surface area contributed by atoms with Crippen LogP contribution in [0, 0.1) is 0 Å². The number of amides is 3. The highest BCUT2D eigenvalue weighted by Crippen LogP contribution is 2.38. The second-order valence-corrected chi connectivity index (χ2v) is 15.1. The monoisotopic (exact) mass is 806 g/mol. The van der Waals surface area contributed by atoms with Gasteiger partial charge in [0.2, 0.25) is 5.91 Å². The molecule has 0 aliphatic carbocycles. The second-order valence-electron chi connectivity index (χ2n) is 12.6. The molecule has 1 aromatic heterocycles. The van der Waals surface area contributed by atoms with Crippen molar-refractivity contribution in [3.8, 4) is 17.0 Å². The maximum absolute atomic E-state index is 13.8. The van der Waals surface area contributed by atoms with E-state index in [9.17, 15) is 14.4 Å². The molecule has 7 rings (SSSR count). The largest absolute Gasteiger partial charge is 0.489 e. The highest BCUT2D eigenvalue weighted by atomic mass is 35.5. The van der Waals surface area contributed by atoms with Gasteiger partial charge < -0.3 is 20.7 Å². The third-order valence-corrected chi connectivity index (χ3v) is 10.9. The lowest BCUT2D eigenvalue weighted by Crippen LogP contribution is -2.30. The number of ether oxygens (including phenoxy) is 1. The lowest BCUT2D eigenvalue weighted by Gasteiger charge is -2.17. The molecular formula is C46H35ClN4O4S2. The van der Waals surface area contributed by atoms with Crippen LogP contribution >= 0.6 is 34.7 Å². The molecule has 0 aliphatic rings. The molecule has 6 aromatic carbocycles. The van der Waals surface area contributed by atoms with E-state index in [-0.39, 0.29) is 11.6 Å². The van der Waals surface area contributed by atoms with Gasteiger partial charge in [0, 0.05) is 32.1 Å². The molecule has 8 nitrogen and oxygen atoms in total. The van der Waals surface area contributed by atoms with Gasteiger partial charge in [-0.2, -0.15) is 0 Å². The van der Waals surface area contributed by atoms with Crippen molar-refractivity contribution in [2.45, 2.75) is 16.8 Å². The van der Waals surface area contributed by atoms with Gasteiger partial charge in [0.15, 0.2) is 5.13 Å². The Morgan fingerprint density at radius 1 is 0.737 bits per heavy atom. The molecule has 11 heteroatoms. The molecule has 282 valence electrons. The van der Waals surface area contributed by atoms with Crippen LogP contribution in [0.5, 0.6) is 5.75 Å². The second kappa shape index (κ2) is 18.9. The van der Waals surface area contributed by atoms with Crippen LogP contribution in [0.15, 0.2) is 180 Å². The zero-order valence-electron chi connectivity index (χ0n) is 30.3. The molecule has 0 fully saturated rings. The highest BCUT2D eigenvalue weighted by molar-refractivity contribution is 8.00. The molecular weight excluding hydrogens is 772 g/mol. The molecule has 0 aliphatic heterocycles. The van der Waals surface area contributed by atoms with Gasteiger partial charge in [0.25, 0.3) is 11.8 Å². The van der Waals surface area contributed by atoms with Crippen LogP contribution in [0.25, 0.3) is 17.3 Å². The van der Waals surface area contributed by atoms with Crippen LogP contribution < -0.4 is 20.7 Å². The number of nitrogens with one attached hydrogen (secondary N) is 3. The van der Waals surface area contributed by atoms with Gasteiger partial charge >= 0.3 is 0 Å². The minimum Gasteiger partial charge on any atom is -0.489 e. The summed E-state index contributed by atoms with van der Waals surface area (Å²) in [5.41, 5.74) is 5.00. The van der Waals surface area contributed by atoms with Crippen LogP contribution in [0.3, 0.4) is 0 Å². The first-order valence-corrected chi connectivity index (χ1v) is 20.0. The fourth-order valence-corrected chi connectivity index (χ4v) is 7.63. The highest BCUT2D eigenvalue weighted by Gasteiger charge is 2.24. The van der Waals surface area contributed by atoms with E-state index in [4.69, 9.17) is 16.3 Å². The number of aromatic nitrogens is 1. The maximum Gasteiger partial charge on any atom is 0.272 e. The van der Waals surface area contributed by atoms with Gasteiger partial charge in [0.05, 0.1) is 5.69 Å². The van der Waals surface area contributed by atoms with E-state index in [1.165, 1.54) is 23.1 Å². The lowest BCUT2D eigenvalue weighted by atomic mass is 10.1. The van der Waals surface area contributed by atoms with E-state index in [1.807, 2.05) is 127 Å². The molecule has 3 N–H and O–H groups in total. The van der Waals surface area contributed by atoms with E-state index in [0.29, 0.717) is 45.0 Å². The third-order valence-electron chi connectivity index (χ3n) is 8.56. The predicted molar refractivity (Wildman–Crippen MR) is 230 cm³/mol.